The SMILES string of the molecule is Cc1ccc(Oc2ccc(C=C(C#N)C#N)cc2)cc1. The molecule has 2 rings (SSSR count). The van der Waals surface area contributed by atoms with Gasteiger partial charge in [-0.3, -0.25) is 0 Å². The van der Waals surface area contributed by atoms with Crippen molar-refractivity contribution in [3.05, 3.63) is 65.2 Å². The summed E-state index contributed by atoms with van der Waals surface area (Å²) in [6, 6.07) is 18.7. The maximum atomic E-state index is 8.69. The summed E-state index contributed by atoms with van der Waals surface area (Å²) in [6.07, 6.45) is 1.54. The molecule has 0 aliphatic rings. The number of rotatable bonds is 3. The van der Waals surface area contributed by atoms with E-state index >= 15 is 0 Å². The van der Waals surface area contributed by atoms with E-state index in [0.29, 0.717) is 5.75 Å². The Kier molecular flexibility index (Phi) is 4.17. The second kappa shape index (κ2) is 6.22. The van der Waals surface area contributed by atoms with Gasteiger partial charge >= 0.3 is 0 Å². The van der Waals surface area contributed by atoms with Crippen molar-refractivity contribution in [3.63, 3.8) is 0 Å². The van der Waals surface area contributed by atoms with Crippen LogP contribution in [0.15, 0.2) is 54.1 Å². The molecular formula is C17H12N2O. The Morgan fingerprint density at radius 2 is 1.40 bits per heavy atom. The summed E-state index contributed by atoms with van der Waals surface area (Å²) in [7, 11) is 0. The summed E-state index contributed by atoms with van der Waals surface area (Å²) >= 11 is 0. The van der Waals surface area contributed by atoms with Crippen molar-refractivity contribution in [2.45, 2.75) is 6.92 Å². The predicted octanol–water partition coefficient (Wildman–Crippen LogP) is 4.22. The van der Waals surface area contributed by atoms with Gasteiger partial charge in [0.25, 0.3) is 0 Å². The summed E-state index contributed by atoms with van der Waals surface area (Å²) in [5.74, 6) is 1.48. The molecule has 0 aliphatic carbocycles. The molecule has 96 valence electrons. The van der Waals surface area contributed by atoms with Crippen LogP contribution < -0.4 is 4.74 Å². The van der Waals surface area contributed by atoms with Gasteiger partial charge in [0, 0.05) is 0 Å². The Morgan fingerprint density at radius 3 is 1.90 bits per heavy atom. The van der Waals surface area contributed by atoms with Crippen molar-refractivity contribution in [1.29, 1.82) is 10.5 Å². The van der Waals surface area contributed by atoms with E-state index in [1.165, 1.54) is 11.6 Å². The highest BCUT2D eigenvalue weighted by atomic mass is 16.5. The van der Waals surface area contributed by atoms with E-state index < -0.39 is 0 Å². The summed E-state index contributed by atoms with van der Waals surface area (Å²) in [4.78, 5) is 0. The Morgan fingerprint density at radius 1 is 0.900 bits per heavy atom. The number of hydrogen-bond donors (Lipinski definition) is 0. The van der Waals surface area contributed by atoms with Gasteiger partial charge in [0.15, 0.2) is 0 Å². The first-order valence-electron chi connectivity index (χ1n) is 6.08. The fourth-order valence-corrected chi connectivity index (χ4v) is 1.63. The van der Waals surface area contributed by atoms with Crippen LogP contribution in [0.1, 0.15) is 11.1 Å². The first-order valence-corrected chi connectivity index (χ1v) is 6.08. The van der Waals surface area contributed by atoms with E-state index in [2.05, 4.69) is 0 Å². The minimum Gasteiger partial charge on any atom is -0.457 e. The van der Waals surface area contributed by atoms with Crippen LogP contribution in [0, 0.1) is 29.6 Å². The lowest BCUT2D eigenvalue weighted by Crippen LogP contribution is -1.84. The van der Waals surface area contributed by atoms with Crippen molar-refractivity contribution < 1.29 is 4.74 Å². The largest absolute Gasteiger partial charge is 0.457 e. The molecule has 0 spiro atoms. The molecule has 0 saturated heterocycles. The van der Waals surface area contributed by atoms with Crippen LogP contribution >= 0.6 is 0 Å². The quantitative estimate of drug-likeness (QED) is 0.776. The molecule has 0 bridgehead atoms. The van der Waals surface area contributed by atoms with E-state index in [-0.39, 0.29) is 5.57 Å². The van der Waals surface area contributed by atoms with Gasteiger partial charge in [-0.15, -0.1) is 0 Å². The van der Waals surface area contributed by atoms with E-state index in [0.717, 1.165) is 11.3 Å². The van der Waals surface area contributed by atoms with Gasteiger partial charge < -0.3 is 4.74 Å². The lowest BCUT2D eigenvalue weighted by atomic mass is 10.1. The number of nitrogens with zero attached hydrogens (tertiary/aromatic N) is 2. The van der Waals surface area contributed by atoms with Crippen molar-refractivity contribution in [2.75, 3.05) is 0 Å². The lowest BCUT2D eigenvalue weighted by molar-refractivity contribution is 0.482. The zero-order valence-corrected chi connectivity index (χ0v) is 11.0. The molecule has 20 heavy (non-hydrogen) atoms. The van der Waals surface area contributed by atoms with Crippen LogP contribution in [0.4, 0.5) is 0 Å². The standard InChI is InChI=1S/C17H12N2O/c1-13-2-6-16(7-3-13)20-17-8-4-14(5-9-17)10-15(11-18)12-19/h2-10H,1H3. The van der Waals surface area contributed by atoms with Crippen LogP contribution in [-0.4, -0.2) is 0 Å². The highest BCUT2D eigenvalue weighted by Crippen LogP contribution is 2.22. The van der Waals surface area contributed by atoms with Crippen LogP contribution in [0.3, 0.4) is 0 Å². The van der Waals surface area contributed by atoms with Gasteiger partial charge in [-0.1, -0.05) is 29.8 Å². The number of hydrogen-bond acceptors (Lipinski definition) is 3. The molecule has 3 nitrogen and oxygen atoms in total. The van der Waals surface area contributed by atoms with E-state index in [1.807, 2.05) is 43.3 Å². The second-order valence-corrected chi connectivity index (χ2v) is 4.27. The van der Waals surface area contributed by atoms with E-state index in [1.54, 1.807) is 24.3 Å². The van der Waals surface area contributed by atoms with Gasteiger partial charge in [0.1, 0.15) is 29.2 Å². The first-order chi connectivity index (χ1) is 9.71. The molecule has 2 aromatic rings. The molecule has 0 heterocycles. The molecule has 0 atom stereocenters. The maximum Gasteiger partial charge on any atom is 0.130 e. The number of nitriles is 2. The van der Waals surface area contributed by atoms with Gasteiger partial charge in [-0.05, 0) is 42.8 Å². The number of allylic oxidation sites excluding steroid dienone is 1. The summed E-state index contributed by atoms with van der Waals surface area (Å²) < 4.78 is 5.70. The maximum absolute atomic E-state index is 8.69. The molecule has 0 aromatic heterocycles. The third-order valence-electron chi connectivity index (χ3n) is 2.69. The first kappa shape index (κ1) is 13.4. The van der Waals surface area contributed by atoms with Crippen molar-refractivity contribution in [3.8, 4) is 23.6 Å². The van der Waals surface area contributed by atoms with E-state index in [9.17, 15) is 0 Å². The zero-order valence-electron chi connectivity index (χ0n) is 11.0. The van der Waals surface area contributed by atoms with Crippen LogP contribution in [0.2, 0.25) is 0 Å². The molecule has 0 unspecified atom stereocenters. The normalized spacial score (nSPS) is 9.15. The minimum atomic E-state index is 0.0807. The van der Waals surface area contributed by atoms with Crippen LogP contribution in [0.5, 0.6) is 11.5 Å². The molecule has 0 N–H and O–H groups in total. The molecule has 2 aromatic carbocycles. The zero-order chi connectivity index (χ0) is 14.4. The van der Waals surface area contributed by atoms with Gasteiger partial charge in [0.05, 0.1) is 0 Å². The minimum absolute atomic E-state index is 0.0807. The molecule has 0 aliphatic heterocycles. The average Bonchev–Trinajstić information content (AvgIpc) is 2.49. The van der Waals surface area contributed by atoms with Gasteiger partial charge in [-0.25, -0.2) is 0 Å². The van der Waals surface area contributed by atoms with Crippen LogP contribution in [-0.2, 0) is 0 Å². The topological polar surface area (TPSA) is 56.8 Å². The smallest absolute Gasteiger partial charge is 0.130 e. The third-order valence-corrected chi connectivity index (χ3v) is 2.69. The molecule has 0 amide bonds. The Bertz CT molecular complexity index is 683. The average molecular weight is 260 g/mol. The van der Waals surface area contributed by atoms with Crippen LogP contribution in [0.25, 0.3) is 6.08 Å². The highest BCUT2D eigenvalue weighted by molar-refractivity contribution is 5.62. The van der Waals surface area contributed by atoms with E-state index in [4.69, 9.17) is 15.3 Å². The molecule has 0 radical (unpaired) electrons. The fourth-order valence-electron chi connectivity index (χ4n) is 1.63. The molecule has 3 heteroatoms. The number of benzene rings is 2. The molecule has 0 saturated carbocycles. The summed E-state index contributed by atoms with van der Waals surface area (Å²) in [5, 5.41) is 17.4. The van der Waals surface area contributed by atoms with Crippen molar-refractivity contribution in [1.82, 2.24) is 0 Å². The number of aryl methyl sites for hydroxylation is 1. The monoisotopic (exact) mass is 260 g/mol. The summed E-state index contributed by atoms with van der Waals surface area (Å²) in [6.45, 7) is 2.02. The van der Waals surface area contributed by atoms with Crippen molar-refractivity contribution >= 4 is 6.08 Å². The lowest BCUT2D eigenvalue weighted by Gasteiger charge is -2.06. The molecular weight excluding hydrogens is 248 g/mol. The summed E-state index contributed by atoms with van der Waals surface area (Å²) in [5.41, 5.74) is 2.05. The Balaban J connectivity index is 2.13. The van der Waals surface area contributed by atoms with Gasteiger partial charge in [0.2, 0.25) is 0 Å². The fraction of sp³-hybridized carbons (Fsp3) is 0.0588. The van der Waals surface area contributed by atoms with Crippen molar-refractivity contribution in [2.24, 2.45) is 0 Å². The Hall–Kier alpha value is -3.04. The third kappa shape index (κ3) is 3.48. The Labute approximate surface area is 118 Å². The molecule has 0 fully saturated rings. The second-order valence-electron chi connectivity index (χ2n) is 4.27. The highest BCUT2D eigenvalue weighted by Gasteiger charge is 1.98. The van der Waals surface area contributed by atoms with Gasteiger partial charge in [-0.2, -0.15) is 10.5 Å². The predicted molar refractivity (Wildman–Crippen MR) is 76.9 cm³/mol. The number of ether oxygens (including phenoxy) is 1.